The van der Waals surface area contributed by atoms with Crippen LogP contribution in [-0.2, 0) is 17.9 Å². The molecule has 1 atom stereocenters. The molecule has 1 aromatic heterocycles. The lowest BCUT2D eigenvalue weighted by Crippen LogP contribution is -2.53. The van der Waals surface area contributed by atoms with Crippen molar-refractivity contribution in [3.05, 3.63) is 77.0 Å². The Kier molecular flexibility index (Phi) is 5.86. The molecule has 0 spiro atoms. The van der Waals surface area contributed by atoms with Gasteiger partial charge in [-0.2, -0.15) is 5.10 Å². The molecule has 0 radical (unpaired) electrons. The van der Waals surface area contributed by atoms with Crippen LogP contribution in [0.4, 0.5) is 11.5 Å². The molecule has 0 bridgehead atoms. The third kappa shape index (κ3) is 4.30. The molecule has 1 saturated heterocycles. The SMILES string of the molecule is Cc1cccc(N2CCN(C(=O)c3ccc(CN4C(=O)CCn5nc(C)cc54)cc3)C[C@H]2C)c1. The highest BCUT2D eigenvalue weighted by Crippen LogP contribution is 2.25. The van der Waals surface area contributed by atoms with Gasteiger partial charge in [-0.25, -0.2) is 4.68 Å². The second-order valence-electron chi connectivity index (χ2n) is 9.43. The maximum Gasteiger partial charge on any atom is 0.253 e. The summed E-state index contributed by atoms with van der Waals surface area (Å²) in [6.07, 6.45) is 0.456. The number of amides is 2. The van der Waals surface area contributed by atoms with Crippen LogP contribution in [0.5, 0.6) is 0 Å². The number of carbonyl (C=O) groups excluding carboxylic acids is 2. The molecule has 5 rings (SSSR count). The third-order valence-electron chi connectivity index (χ3n) is 6.79. The molecule has 2 aliphatic rings. The fourth-order valence-electron chi connectivity index (χ4n) is 5.00. The highest BCUT2D eigenvalue weighted by Gasteiger charge is 2.28. The number of anilines is 2. The van der Waals surface area contributed by atoms with Crippen molar-refractivity contribution in [3.63, 3.8) is 0 Å². The standard InChI is InChI=1S/C27H31N5O2/c1-19-5-4-6-24(15-19)30-14-13-29(17-21(30)3)27(34)23-9-7-22(8-10-23)18-31-25-16-20(2)28-32(25)12-11-26(31)33/h4-10,15-16,21H,11-14,17-18H2,1-3H3/t21-/m1/s1. The molecule has 1 fully saturated rings. The number of rotatable bonds is 4. The summed E-state index contributed by atoms with van der Waals surface area (Å²) in [5, 5.41) is 4.47. The normalized spacial score (nSPS) is 18.3. The zero-order valence-corrected chi connectivity index (χ0v) is 20.1. The molecule has 176 valence electrons. The van der Waals surface area contributed by atoms with Gasteiger partial charge in [0.1, 0.15) is 5.82 Å². The maximum atomic E-state index is 13.2. The van der Waals surface area contributed by atoms with Crippen molar-refractivity contribution in [3.8, 4) is 0 Å². The number of carbonyl (C=O) groups is 2. The van der Waals surface area contributed by atoms with E-state index in [2.05, 4.69) is 48.1 Å². The first-order valence-electron chi connectivity index (χ1n) is 12.0. The van der Waals surface area contributed by atoms with Gasteiger partial charge in [-0.3, -0.25) is 14.5 Å². The van der Waals surface area contributed by atoms with E-state index in [4.69, 9.17) is 0 Å². The Morgan fingerprint density at radius 2 is 1.82 bits per heavy atom. The average molecular weight is 458 g/mol. The molecule has 7 heteroatoms. The van der Waals surface area contributed by atoms with E-state index in [1.807, 2.05) is 46.8 Å². The van der Waals surface area contributed by atoms with Crippen LogP contribution in [0.3, 0.4) is 0 Å². The zero-order valence-electron chi connectivity index (χ0n) is 20.1. The van der Waals surface area contributed by atoms with Crippen molar-refractivity contribution in [2.75, 3.05) is 29.4 Å². The minimum absolute atomic E-state index is 0.0602. The second-order valence-corrected chi connectivity index (χ2v) is 9.43. The van der Waals surface area contributed by atoms with Gasteiger partial charge in [-0.1, -0.05) is 24.3 Å². The van der Waals surface area contributed by atoms with E-state index in [1.165, 1.54) is 11.3 Å². The molecule has 0 aliphatic carbocycles. The number of nitrogens with zero attached hydrogens (tertiary/aromatic N) is 5. The third-order valence-corrected chi connectivity index (χ3v) is 6.79. The number of aryl methyl sites for hydroxylation is 3. The summed E-state index contributed by atoms with van der Waals surface area (Å²) in [7, 11) is 0. The Morgan fingerprint density at radius 1 is 1.03 bits per heavy atom. The first-order chi connectivity index (χ1) is 16.4. The number of fused-ring (bicyclic) bond motifs is 1. The Labute approximate surface area is 200 Å². The van der Waals surface area contributed by atoms with Crippen molar-refractivity contribution in [2.24, 2.45) is 0 Å². The van der Waals surface area contributed by atoms with Crippen LogP contribution < -0.4 is 9.80 Å². The number of piperazine rings is 1. The van der Waals surface area contributed by atoms with E-state index in [0.29, 0.717) is 38.2 Å². The summed E-state index contributed by atoms with van der Waals surface area (Å²) in [6, 6.07) is 18.4. The Morgan fingerprint density at radius 3 is 2.56 bits per heavy atom. The Bertz CT molecular complexity index is 1220. The lowest BCUT2D eigenvalue weighted by molar-refractivity contribution is -0.119. The molecule has 2 aromatic carbocycles. The summed E-state index contributed by atoms with van der Waals surface area (Å²) in [5.74, 6) is 1.01. The first-order valence-corrected chi connectivity index (χ1v) is 12.0. The Balaban J connectivity index is 1.24. The lowest BCUT2D eigenvalue weighted by Gasteiger charge is -2.41. The van der Waals surface area contributed by atoms with E-state index >= 15 is 0 Å². The van der Waals surface area contributed by atoms with Crippen LogP contribution in [0.2, 0.25) is 0 Å². The summed E-state index contributed by atoms with van der Waals surface area (Å²) in [4.78, 5) is 31.9. The van der Waals surface area contributed by atoms with Crippen LogP contribution in [0, 0.1) is 13.8 Å². The van der Waals surface area contributed by atoms with Crippen LogP contribution in [-0.4, -0.2) is 52.2 Å². The van der Waals surface area contributed by atoms with Crippen LogP contribution in [0.25, 0.3) is 0 Å². The summed E-state index contributed by atoms with van der Waals surface area (Å²) < 4.78 is 1.90. The number of aromatic nitrogens is 2. The van der Waals surface area contributed by atoms with Gasteiger partial charge in [-0.15, -0.1) is 0 Å². The van der Waals surface area contributed by atoms with E-state index in [0.717, 1.165) is 23.6 Å². The predicted octanol–water partition coefficient (Wildman–Crippen LogP) is 3.79. The van der Waals surface area contributed by atoms with Crippen LogP contribution in [0.15, 0.2) is 54.6 Å². The lowest BCUT2D eigenvalue weighted by atomic mass is 10.1. The van der Waals surface area contributed by atoms with Gasteiger partial charge in [0.25, 0.3) is 5.91 Å². The van der Waals surface area contributed by atoms with Crippen LogP contribution >= 0.6 is 0 Å². The minimum Gasteiger partial charge on any atom is -0.365 e. The predicted molar refractivity (Wildman–Crippen MR) is 133 cm³/mol. The molecule has 2 amide bonds. The average Bonchev–Trinajstić information content (AvgIpc) is 3.21. The largest absolute Gasteiger partial charge is 0.365 e. The molecule has 3 aromatic rings. The molecule has 3 heterocycles. The minimum atomic E-state index is 0.0602. The highest BCUT2D eigenvalue weighted by molar-refractivity contribution is 5.95. The molecular formula is C27H31N5O2. The van der Waals surface area contributed by atoms with Gasteiger partial charge in [0.15, 0.2) is 0 Å². The van der Waals surface area contributed by atoms with Gasteiger partial charge >= 0.3 is 0 Å². The van der Waals surface area contributed by atoms with Gasteiger partial charge in [-0.05, 0) is 56.2 Å². The molecule has 2 aliphatic heterocycles. The first kappa shape index (κ1) is 22.2. The number of benzene rings is 2. The molecular weight excluding hydrogens is 426 g/mol. The summed E-state index contributed by atoms with van der Waals surface area (Å²) in [6.45, 7) is 9.53. The van der Waals surface area contributed by atoms with Gasteiger partial charge in [0.05, 0.1) is 18.8 Å². The Hall–Kier alpha value is -3.61. The fourth-order valence-corrected chi connectivity index (χ4v) is 5.00. The van der Waals surface area contributed by atoms with Gasteiger partial charge in [0.2, 0.25) is 5.91 Å². The smallest absolute Gasteiger partial charge is 0.253 e. The monoisotopic (exact) mass is 457 g/mol. The molecule has 34 heavy (non-hydrogen) atoms. The maximum absolute atomic E-state index is 13.2. The van der Waals surface area contributed by atoms with Gasteiger partial charge in [0, 0.05) is 49.4 Å². The van der Waals surface area contributed by atoms with E-state index in [1.54, 1.807) is 4.90 Å². The second kappa shape index (κ2) is 8.97. The number of hydrogen-bond acceptors (Lipinski definition) is 4. The molecule has 0 N–H and O–H groups in total. The van der Waals surface area contributed by atoms with Crippen molar-refractivity contribution < 1.29 is 9.59 Å². The van der Waals surface area contributed by atoms with Gasteiger partial charge < -0.3 is 9.80 Å². The van der Waals surface area contributed by atoms with E-state index in [-0.39, 0.29) is 17.9 Å². The molecule has 0 saturated carbocycles. The summed E-state index contributed by atoms with van der Waals surface area (Å²) in [5.41, 5.74) is 5.05. The zero-order chi connectivity index (χ0) is 23.8. The number of hydrogen-bond donors (Lipinski definition) is 0. The molecule has 0 unspecified atom stereocenters. The van der Waals surface area contributed by atoms with E-state index in [9.17, 15) is 9.59 Å². The van der Waals surface area contributed by atoms with E-state index < -0.39 is 0 Å². The van der Waals surface area contributed by atoms with Crippen molar-refractivity contribution in [2.45, 2.75) is 46.3 Å². The highest BCUT2D eigenvalue weighted by atomic mass is 16.2. The van der Waals surface area contributed by atoms with Crippen LogP contribution in [0.1, 0.15) is 40.5 Å². The van der Waals surface area contributed by atoms with Crippen molar-refractivity contribution in [1.29, 1.82) is 0 Å². The van der Waals surface area contributed by atoms with Crippen molar-refractivity contribution in [1.82, 2.24) is 14.7 Å². The topological polar surface area (TPSA) is 61.7 Å². The van der Waals surface area contributed by atoms with Crippen molar-refractivity contribution >= 4 is 23.3 Å². The summed E-state index contributed by atoms with van der Waals surface area (Å²) >= 11 is 0. The molecule has 7 nitrogen and oxygen atoms in total. The quantitative estimate of drug-likeness (QED) is 0.598. The fraction of sp³-hybridized carbons (Fsp3) is 0.370.